The molecular formula is C23H24ClN3O4S2. The third-order valence-electron chi connectivity index (χ3n) is 5.90. The number of nitrogens with one attached hydrogen (secondary N) is 1. The van der Waals surface area contributed by atoms with Crippen LogP contribution < -0.4 is 10.9 Å². The molecule has 174 valence electrons. The molecule has 0 unspecified atom stereocenters. The normalized spacial score (nSPS) is 18.3. The highest BCUT2D eigenvalue weighted by atomic mass is 35.5. The Bertz CT molecular complexity index is 1200. The number of fused-ring (bicyclic) bond motifs is 1. The average molecular weight is 506 g/mol. The SMILES string of the molecule is O=C(CSc1nc2ccsc2c(=O)n1CC1CCC(C(=O)O)CC1)NCc1ccc(Cl)cc1. The van der Waals surface area contributed by atoms with Gasteiger partial charge in [-0.2, -0.15) is 0 Å². The molecule has 1 saturated carbocycles. The van der Waals surface area contributed by atoms with E-state index in [0.29, 0.717) is 46.3 Å². The van der Waals surface area contributed by atoms with Crippen LogP contribution in [0.15, 0.2) is 45.7 Å². The third kappa shape index (κ3) is 5.96. The number of carboxylic acid groups (broad SMARTS) is 1. The summed E-state index contributed by atoms with van der Waals surface area (Å²) >= 11 is 8.50. The van der Waals surface area contributed by atoms with Gasteiger partial charge in [0, 0.05) is 18.1 Å². The van der Waals surface area contributed by atoms with Crippen LogP contribution in [-0.2, 0) is 22.7 Å². The second kappa shape index (κ2) is 10.7. The van der Waals surface area contributed by atoms with E-state index >= 15 is 0 Å². The number of rotatable bonds is 8. The van der Waals surface area contributed by atoms with Crippen LogP contribution in [0.5, 0.6) is 0 Å². The molecule has 0 bridgehead atoms. The molecule has 1 aliphatic rings. The van der Waals surface area contributed by atoms with Gasteiger partial charge < -0.3 is 10.4 Å². The maximum atomic E-state index is 13.2. The monoisotopic (exact) mass is 505 g/mol. The van der Waals surface area contributed by atoms with Gasteiger partial charge in [-0.3, -0.25) is 19.0 Å². The fourth-order valence-electron chi connectivity index (χ4n) is 4.03. The van der Waals surface area contributed by atoms with Crippen molar-refractivity contribution in [1.82, 2.24) is 14.9 Å². The van der Waals surface area contributed by atoms with E-state index in [9.17, 15) is 19.5 Å². The van der Waals surface area contributed by atoms with E-state index in [2.05, 4.69) is 10.3 Å². The Morgan fingerprint density at radius 2 is 1.91 bits per heavy atom. The minimum Gasteiger partial charge on any atom is -0.481 e. The summed E-state index contributed by atoms with van der Waals surface area (Å²) < 4.78 is 2.27. The number of carbonyl (C=O) groups is 2. The highest BCUT2D eigenvalue weighted by Crippen LogP contribution is 2.31. The van der Waals surface area contributed by atoms with Crippen molar-refractivity contribution in [2.75, 3.05) is 5.75 Å². The summed E-state index contributed by atoms with van der Waals surface area (Å²) in [4.78, 5) is 41.5. The summed E-state index contributed by atoms with van der Waals surface area (Å²) in [5, 5.41) is 15.1. The molecule has 0 spiro atoms. The quantitative estimate of drug-likeness (QED) is 0.347. The molecular weight excluding hydrogens is 482 g/mol. The van der Waals surface area contributed by atoms with Gasteiger partial charge in [-0.15, -0.1) is 11.3 Å². The predicted octanol–water partition coefficient (Wildman–Crippen LogP) is 4.41. The predicted molar refractivity (Wildman–Crippen MR) is 131 cm³/mol. The zero-order valence-corrected chi connectivity index (χ0v) is 20.2. The molecule has 2 heterocycles. The highest BCUT2D eigenvalue weighted by Gasteiger charge is 2.27. The van der Waals surface area contributed by atoms with Gasteiger partial charge >= 0.3 is 5.97 Å². The van der Waals surface area contributed by atoms with Crippen molar-refractivity contribution in [2.24, 2.45) is 11.8 Å². The van der Waals surface area contributed by atoms with Gasteiger partial charge in [0.2, 0.25) is 5.91 Å². The van der Waals surface area contributed by atoms with Gasteiger partial charge in [0.05, 0.1) is 17.2 Å². The number of thioether (sulfide) groups is 1. The lowest BCUT2D eigenvalue weighted by atomic mass is 9.82. The topological polar surface area (TPSA) is 101 Å². The molecule has 7 nitrogen and oxygen atoms in total. The van der Waals surface area contributed by atoms with Gasteiger partial charge in [0.25, 0.3) is 5.56 Å². The minimum absolute atomic E-state index is 0.0977. The van der Waals surface area contributed by atoms with Gasteiger partial charge in [-0.25, -0.2) is 4.98 Å². The van der Waals surface area contributed by atoms with E-state index in [-0.39, 0.29) is 29.1 Å². The molecule has 4 rings (SSSR count). The summed E-state index contributed by atoms with van der Waals surface area (Å²) in [6.45, 7) is 0.883. The van der Waals surface area contributed by atoms with Crippen molar-refractivity contribution >= 4 is 56.8 Å². The highest BCUT2D eigenvalue weighted by molar-refractivity contribution is 7.99. The van der Waals surface area contributed by atoms with Crippen molar-refractivity contribution in [3.05, 3.63) is 56.7 Å². The first-order valence-corrected chi connectivity index (χ1v) is 13.0. The number of nitrogens with zero attached hydrogens (tertiary/aromatic N) is 2. The summed E-state index contributed by atoms with van der Waals surface area (Å²) in [6.07, 6.45) is 2.77. The second-order valence-corrected chi connectivity index (χ2v) is 10.5. The van der Waals surface area contributed by atoms with E-state index in [4.69, 9.17) is 11.6 Å². The average Bonchev–Trinajstić information content (AvgIpc) is 3.28. The summed E-state index contributed by atoms with van der Waals surface area (Å²) in [6, 6.07) is 9.09. The Morgan fingerprint density at radius 3 is 2.61 bits per heavy atom. The Balaban J connectivity index is 1.43. The maximum absolute atomic E-state index is 13.2. The lowest BCUT2D eigenvalue weighted by Gasteiger charge is -2.27. The first-order chi connectivity index (χ1) is 15.9. The van der Waals surface area contributed by atoms with Crippen LogP contribution in [0.3, 0.4) is 0 Å². The van der Waals surface area contributed by atoms with Crippen LogP contribution in [0.25, 0.3) is 10.2 Å². The van der Waals surface area contributed by atoms with E-state index in [1.54, 1.807) is 16.7 Å². The number of aliphatic carboxylic acids is 1. The molecule has 0 saturated heterocycles. The van der Waals surface area contributed by atoms with Crippen molar-refractivity contribution in [3.8, 4) is 0 Å². The van der Waals surface area contributed by atoms with Gasteiger partial charge in [-0.05, 0) is 60.7 Å². The summed E-state index contributed by atoms with van der Waals surface area (Å²) in [5.41, 5.74) is 1.49. The molecule has 0 radical (unpaired) electrons. The molecule has 2 N–H and O–H groups in total. The van der Waals surface area contributed by atoms with Crippen LogP contribution in [0.4, 0.5) is 0 Å². The van der Waals surface area contributed by atoms with Crippen LogP contribution in [0, 0.1) is 11.8 Å². The van der Waals surface area contributed by atoms with Crippen molar-refractivity contribution in [1.29, 1.82) is 0 Å². The number of halogens is 1. The number of carbonyl (C=O) groups excluding carboxylic acids is 1. The summed E-state index contributed by atoms with van der Waals surface area (Å²) in [5.74, 6) is -0.831. The number of carboxylic acids is 1. The third-order valence-corrected chi connectivity index (χ3v) is 8.02. The Morgan fingerprint density at radius 1 is 1.18 bits per heavy atom. The van der Waals surface area contributed by atoms with Crippen LogP contribution in [0.2, 0.25) is 5.02 Å². The Kier molecular flexibility index (Phi) is 7.72. The van der Waals surface area contributed by atoms with E-state index in [1.165, 1.54) is 23.1 Å². The smallest absolute Gasteiger partial charge is 0.306 e. The van der Waals surface area contributed by atoms with Gasteiger partial charge in [0.15, 0.2) is 5.16 Å². The molecule has 1 fully saturated rings. The molecule has 2 aromatic heterocycles. The molecule has 0 atom stereocenters. The number of benzene rings is 1. The Labute approximate surface area is 204 Å². The minimum atomic E-state index is -0.742. The lowest BCUT2D eigenvalue weighted by Crippen LogP contribution is -2.30. The zero-order valence-electron chi connectivity index (χ0n) is 17.8. The van der Waals surface area contributed by atoms with Crippen molar-refractivity contribution < 1.29 is 14.7 Å². The molecule has 1 aromatic carbocycles. The molecule has 3 aromatic rings. The number of hydrogen-bond donors (Lipinski definition) is 2. The fourth-order valence-corrected chi connectivity index (χ4v) is 5.77. The Hall–Kier alpha value is -2.36. The van der Waals surface area contributed by atoms with Gasteiger partial charge in [-0.1, -0.05) is 35.5 Å². The zero-order chi connectivity index (χ0) is 23.4. The molecule has 10 heteroatoms. The van der Waals surface area contributed by atoms with Crippen LogP contribution in [0.1, 0.15) is 31.2 Å². The molecule has 0 aliphatic heterocycles. The number of aromatic nitrogens is 2. The van der Waals surface area contributed by atoms with Crippen molar-refractivity contribution in [2.45, 2.75) is 43.9 Å². The second-order valence-electron chi connectivity index (χ2n) is 8.19. The fraction of sp³-hybridized carbons (Fsp3) is 0.391. The van der Waals surface area contributed by atoms with E-state index in [1.807, 2.05) is 23.6 Å². The van der Waals surface area contributed by atoms with Crippen LogP contribution in [-0.4, -0.2) is 32.3 Å². The number of thiophene rings is 1. The van der Waals surface area contributed by atoms with Gasteiger partial charge in [0.1, 0.15) is 4.70 Å². The number of hydrogen-bond acceptors (Lipinski definition) is 6. The lowest BCUT2D eigenvalue weighted by molar-refractivity contribution is -0.143. The van der Waals surface area contributed by atoms with E-state index in [0.717, 1.165) is 18.4 Å². The maximum Gasteiger partial charge on any atom is 0.306 e. The largest absolute Gasteiger partial charge is 0.481 e. The van der Waals surface area contributed by atoms with Crippen molar-refractivity contribution in [3.63, 3.8) is 0 Å². The van der Waals surface area contributed by atoms with Crippen LogP contribution >= 0.6 is 34.7 Å². The summed E-state index contributed by atoms with van der Waals surface area (Å²) in [7, 11) is 0. The van der Waals surface area contributed by atoms with E-state index < -0.39 is 5.97 Å². The number of amides is 1. The molecule has 1 amide bonds. The standard InChI is InChI=1S/C23H24ClN3O4S2/c24-17-7-3-14(4-8-17)11-25-19(28)13-33-23-26-18-9-10-32-20(18)21(29)27(23)12-15-1-5-16(6-2-15)22(30)31/h3-4,7-10,15-16H,1-2,5-6,11-13H2,(H,25,28)(H,30,31). The first kappa shape index (κ1) is 23.8. The molecule has 1 aliphatic carbocycles. The first-order valence-electron chi connectivity index (χ1n) is 10.8. The molecule has 33 heavy (non-hydrogen) atoms.